The number of aromatic nitrogens is 2. The summed E-state index contributed by atoms with van der Waals surface area (Å²) in [6.07, 6.45) is 3.90. The van der Waals surface area contributed by atoms with E-state index in [1.807, 2.05) is 31.2 Å². The van der Waals surface area contributed by atoms with Crippen LogP contribution in [0.25, 0.3) is 11.5 Å². The van der Waals surface area contributed by atoms with Gasteiger partial charge in [0.25, 0.3) is 0 Å². The highest BCUT2D eigenvalue weighted by molar-refractivity contribution is 5.61. The minimum absolute atomic E-state index is 0.418. The molecule has 5 heteroatoms. The fourth-order valence-electron chi connectivity index (χ4n) is 2.33. The number of nitrogens with zero attached hydrogens (tertiary/aromatic N) is 2. The quantitative estimate of drug-likeness (QED) is 0.894. The zero-order chi connectivity index (χ0) is 13.1. The van der Waals surface area contributed by atoms with Gasteiger partial charge in [0, 0.05) is 23.9 Å². The third-order valence-electron chi connectivity index (χ3n) is 3.34. The van der Waals surface area contributed by atoms with Gasteiger partial charge in [-0.15, -0.1) is 10.2 Å². The first-order chi connectivity index (χ1) is 9.35. The van der Waals surface area contributed by atoms with Crippen LogP contribution >= 0.6 is 0 Å². The highest BCUT2D eigenvalue weighted by Gasteiger charge is 2.29. The maximum absolute atomic E-state index is 5.56. The second-order valence-electron chi connectivity index (χ2n) is 4.71. The largest absolute Gasteiger partial charge is 0.423 e. The summed E-state index contributed by atoms with van der Waals surface area (Å²) in [6.45, 7) is 2.83. The summed E-state index contributed by atoms with van der Waals surface area (Å²) in [7, 11) is 0. The predicted octanol–water partition coefficient (Wildman–Crippen LogP) is 2.72. The number of nitrogens with one attached hydrogen (secondary N) is 1. The Balaban J connectivity index is 1.62. The lowest BCUT2D eigenvalue weighted by Crippen LogP contribution is -2.40. The SMILES string of the molecule is CCOC1CC(Nc2cccc(-c3nnco3)c2)C1. The standard InChI is InChI=1S/C14H17N3O2/c1-2-18-13-7-12(8-13)16-11-5-3-4-10(6-11)14-17-15-9-19-14/h3-6,9,12-13,16H,2,7-8H2,1H3. The van der Waals surface area contributed by atoms with Crippen LogP contribution < -0.4 is 5.32 Å². The average molecular weight is 259 g/mol. The first-order valence-electron chi connectivity index (χ1n) is 6.60. The van der Waals surface area contributed by atoms with Gasteiger partial charge in [0.2, 0.25) is 12.3 Å². The average Bonchev–Trinajstić information content (AvgIpc) is 2.91. The normalized spacial score (nSPS) is 21.9. The molecule has 0 spiro atoms. The highest BCUT2D eigenvalue weighted by atomic mass is 16.5. The molecule has 0 aliphatic heterocycles. The van der Waals surface area contributed by atoms with E-state index in [0.29, 0.717) is 18.0 Å². The molecular weight excluding hydrogens is 242 g/mol. The van der Waals surface area contributed by atoms with Crippen molar-refractivity contribution in [1.82, 2.24) is 10.2 Å². The fraction of sp³-hybridized carbons (Fsp3) is 0.429. The van der Waals surface area contributed by atoms with E-state index in [-0.39, 0.29) is 0 Å². The molecule has 1 aliphatic rings. The van der Waals surface area contributed by atoms with Gasteiger partial charge in [-0.25, -0.2) is 0 Å². The van der Waals surface area contributed by atoms with Gasteiger partial charge >= 0.3 is 0 Å². The summed E-state index contributed by atoms with van der Waals surface area (Å²) in [6, 6.07) is 8.52. The predicted molar refractivity (Wildman–Crippen MR) is 71.8 cm³/mol. The minimum atomic E-state index is 0.418. The lowest BCUT2D eigenvalue weighted by Gasteiger charge is -2.36. The van der Waals surface area contributed by atoms with Crippen LogP contribution in [0, 0.1) is 0 Å². The van der Waals surface area contributed by atoms with Crippen molar-refractivity contribution in [3.8, 4) is 11.5 Å². The molecular formula is C14H17N3O2. The molecule has 0 amide bonds. The number of anilines is 1. The molecule has 1 heterocycles. The molecule has 1 aromatic carbocycles. The van der Waals surface area contributed by atoms with Crippen molar-refractivity contribution in [3.05, 3.63) is 30.7 Å². The maximum atomic E-state index is 5.56. The minimum Gasteiger partial charge on any atom is -0.423 e. The Morgan fingerprint density at radius 2 is 2.32 bits per heavy atom. The van der Waals surface area contributed by atoms with Gasteiger partial charge in [0.15, 0.2) is 0 Å². The highest BCUT2D eigenvalue weighted by Crippen LogP contribution is 2.28. The molecule has 0 radical (unpaired) electrons. The number of rotatable bonds is 5. The third kappa shape index (κ3) is 2.76. The lowest BCUT2D eigenvalue weighted by atomic mass is 9.89. The van der Waals surface area contributed by atoms with Crippen molar-refractivity contribution in [3.63, 3.8) is 0 Å². The molecule has 100 valence electrons. The number of ether oxygens (including phenoxy) is 1. The van der Waals surface area contributed by atoms with E-state index in [2.05, 4.69) is 15.5 Å². The first kappa shape index (κ1) is 12.2. The van der Waals surface area contributed by atoms with Crippen LogP contribution in [0.5, 0.6) is 0 Å². The number of hydrogen-bond donors (Lipinski definition) is 1. The fourth-order valence-corrected chi connectivity index (χ4v) is 2.33. The van der Waals surface area contributed by atoms with Crippen LogP contribution in [-0.2, 0) is 4.74 Å². The van der Waals surface area contributed by atoms with E-state index in [1.54, 1.807) is 0 Å². The van der Waals surface area contributed by atoms with Crippen molar-refractivity contribution in [1.29, 1.82) is 0 Å². The van der Waals surface area contributed by atoms with E-state index in [4.69, 9.17) is 9.15 Å². The maximum Gasteiger partial charge on any atom is 0.247 e. The van der Waals surface area contributed by atoms with Crippen LogP contribution in [0.3, 0.4) is 0 Å². The van der Waals surface area contributed by atoms with Crippen molar-refractivity contribution >= 4 is 5.69 Å². The Morgan fingerprint density at radius 3 is 3.05 bits per heavy atom. The van der Waals surface area contributed by atoms with Crippen LogP contribution in [0.2, 0.25) is 0 Å². The monoisotopic (exact) mass is 259 g/mol. The van der Waals surface area contributed by atoms with Crippen molar-refractivity contribution in [2.75, 3.05) is 11.9 Å². The Kier molecular flexibility index (Phi) is 3.46. The molecule has 1 aromatic heterocycles. The van der Waals surface area contributed by atoms with Gasteiger partial charge in [0.05, 0.1) is 6.10 Å². The van der Waals surface area contributed by atoms with E-state index in [0.717, 1.165) is 30.7 Å². The van der Waals surface area contributed by atoms with Crippen LogP contribution in [-0.4, -0.2) is 29.0 Å². The molecule has 1 aliphatic carbocycles. The molecule has 1 fully saturated rings. The molecule has 1 saturated carbocycles. The lowest BCUT2D eigenvalue weighted by molar-refractivity contribution is 0.00299. The molecule has 0 bridgehead atoms. The molecule has 0 atom stereocenters. The number of benzene rings is 1. The zero-order valence-corrected chi connectivity index (χ0v) is 10.9. The van der Waals surface area contributed by atoms with Crippen molar-refractivity contribution < 1.29 is 9.15 Å². The summed E-state index contributed by atoms with van der Waals surface area (Å²) < 4.78 is 10.8. The van der Waals surface area contributed by atoms with Gasteiger partial charge in [-0.1, -0.05) is 6.07 Å². The second kappa shape index (κ2) is 5.40. The van der Waals surface area contributed by atoms with Crippen molar-refractivity contribution in [2.45, 2.75) is 31.9 Å². The Hall–Kier alpha value is -1.88. The molecule has 19 heavy (non-hydrogen) atoms. The molecule has 2 aromatic rings. The summed E-state index contributed by atoms with van der Waals surface area (Å²) in [5, 5.41) is 11.1. The van der Waals surface area contributed by atoms with E-state index >= 15 is 0 Å². The van der Waals surface area contributed by atoms with Crippen molar-refractivity contribution in [2.24, 2.45) is 0 Å². The van der Waals surface area contributed by atoms with Gasteiger partial charge in [-0.3, -0.25) is 0 Å². The molecule has 0 unspecified atom stereocenters. The number of hydrogen-bond acceptors (Lipinski definition) is 5. The van der Waals surface area contributed by atoms with E-state index in [9.17, 15) is 0 Å². The van der Waals surface area contributed by atoms with Gasteiger partial charge < -0.3 is 14.5 Å². The first-order valence-corrected chi connectivity index (χ1v) is 6.60. The van der Waals surface area contributed by atoms with Gasteiger partial charge in [-0.05, 0) is 38.0 Å². The third-order valence-corrected chi connectivity index (χ3v) is 3.34. The van der Waals surface area contributed by atoms with Gasteiger partial charge in [-0.2, -0.15) is 0 Å². The topological polar surface area (TPSA) is 60.2 Å². The second-order valence-corrected chi connectivity index (χ2v) is 4.71. The Labute approximate surface area is 112 Å². The molecule has 5 nitrogen and oxygen atoms in total. The summed E-state index contributed by atoms with van der Waals surface area (Å²) in [4.78, 5) is 0. The Morgan fingerprint density at radius 1 is 1.42 bits per heavy atom. The summed E-state index contributed by atoms with van der Waals surface area (Å²) in [5.41, 5.74) is 2.01. The van der Waals surface area contributed by atoms with Crippen LogP contribution in [0.1, 0.15) is 19.8 Å². The van der Waals surface area contributed by atoms with E-state index < -0.39 is 0 Å². The molecule has 1 N–H and O–H groups in total. The smallest absolute Gasteiger partial charge is 0.247 e. The van der Waals surface area contributed by atoms with Crippen LogP contribution in [0.15, 0.2) is 35.1 Å². The summed E-state index contributed by atoms with van der Waals surface area (Å²) >= 11 is 0. The van der Waals surface area contributed by atoms with Crippen LogP contribution in [0.4, 0.5) is 5.69 Å². The summed E-state index contributed by atoms with van der Waals surface area (Å²) in [5.74, 6) is 0.546. The molecule has 0 saturated heterocycles. The molecule has 3 rings (SSSR count). The Bertz CT molecular complexity index is 521. The van der Waals surface area contributed by atoms with Gasteiger partial charge in [0.1, 0.15) is 0 Å². The van der Waals surface area contributed by atoms with E-state index in [1.165, 1.54) is 6.39 Å². The zero-order valence-electron chi connectivity index (χ0n) is 10.9.